The molecule has 0 aliphatic carbocycles. The van der Waals surface area contributed by atoms with Crippen LogP contribution in [0.4, 0.5) is 11.6 Å². The Kier molecular flexibility index (Phi) is 7.40. The summed E-state index contributed by atoms with van der Waals surface area (Å²) in [7, 11) is 2.08. The zero-order chi connectivity index (χ0) is 31.1. The normalized spacial score (nSPS) is 14.8. The van der Waals surface area contributed by atoms with Crippen molar-refractivity contribution in [2.24, 2.45) is 0 Å². The molecule has 2 aliphatic rings. The number of anilines is 2. The van der Waals surface area contributed by atoms with Gasteiger partial charge in [-0.05, 0) is 74.6 Å². The summed E-state index contributed by atoms with van der Waals surface area (Å²) in [4.78, 5) is 41.1. The lowest BCUT2D eigenvalue weighted by molar-refractivity contribution is -0.130. The van der Waals surface area contributed by atoms with E-state index in [1.807, 2.05) is 72.0 Å². The molecule has 228 valence electrons. The first kappa shape index (κ1) is 28.5. The quantitative estimate of drug-likeness (QED) is 0.270. The predicted molar refractivity (Wildman–Crippen MR) is 177 cm³/mol. The van der Waals surface area contributed by atoms with Gasteiger partial charge >= 0.3 is 0 Å². The topological polar surface area (TPSA) is 101 Å². The van der Waals surface area contributed by atoms with E-state index in [1.54, 1.807) is 6.20 Å². The van der Waals surface area contributed by atoms with E-state index in [0.29, 0.717) is 35.6 Å². The lowest BCUT2D eigenvalue weighted by atomic mass is 10.0. The second-order valence-electron chi connectivity index (χ2n) is 11.9. The maximum absolute atomic E-state index is 14.3. The van der Waals surface area contributed by atoms with Crippen molar-refractivity contribution in [3.05, 3.63) is 100 Å². The Morgan fingerprint density at radius 1 is 0.978 bits per heavy atom. The third-order valence-corrected chi connectivity index (χ3v) is 8.76. The van der Waals surface area contributed by atoms with E-state index in [4.69, 9.17) is 10.1 Å². The summed E-state index contributed by atoms with van der Waals surface area (Å²) in [6, 6.07) is 19.9. The van der Waals surface area contributed by atoms with Crippen LogP contribution in [0.15, 0.2) is 77.9 Å². The Balaban J connectivity index is 1.29. The van der Waals surface area contributed by atoms with E-state index in [0.717, 1.165) is 54.1 Å². The van der Waals surface area contributed by atoms with E-state index in [9.17, 15) is 9.59 Å². The summed E-state index contributed by atoms with van der Waals surface area (Å²) in [6.07, 6.45) is 6.87. The molecular weight excluding hydrogens is 564 g/mol. The number of nitrogens with one attached hydrogen (secondary N) is 1. The number of amides is 1. The fourth-order valence-corrected chi connectivity index (χ4v) is 6.41. The van der Waals surface area contributed by atoms with Gasteiger partial charge < -0.3 is 15.1 Å². The highest BCUT2D eigenvalue weighted by Crippen LogP contribution is 2.30. The molecule has 1 fully saturated rings. The SMILES string of the molecule is Cc1nn(-c2ccccc2)c(C)c1-c1cc2cnc(Nc3ccc(C4=CN(C)CC4)cc3)nc2n(CC(=O)N2CCCC2)c1=O. The van der Waals surface area contributed by atoms with Crippen molar-refractivity contribution in [2.75, 3.05) is 32.0 Å². The van der Waals surface area contributed by atoms with Gasteiger partial charge in [0.15, 0.2) is 0 Å². The van der Waals surface area contributed by atoms with Gasteiger partial charge in [-0.3, -0.25) is 14.2 Å². The zero-order valence-corrected chi connectivity index (χ0v) is 25.8. The number of benzene rings is 2. The Labute approximate surface area is 261 Å². The summed E-state index contributed by atoms with van der Waals surface area (Å²) < 4.78 is 3.35. The molecule has 10 nitrogen and oxygen atoms in total. The third-order valence-electron chi connectivity index (χ3n) is 8.76. The minimum atomic E-state index is -0.280. The standard InChI is InChI=1S/C35H36N8O2/c1-23-32(24(2)43(39-23)29-9-5-4-6-10-29)30-19-27-20-36-35(37-28-13-11-25(12-14-28)26-15-18-40(3)21-26)38-33(27)42(34(30)45)22-31(44)41-16-7-8-17-41/h4-6,9-14,19-21H,7-8,15-18,22H2,1-3H3,(H,36,37,38). The lowest BCUT2D eigenvalue weighted by Crippen LogP contribution is -2.35. The molecule has 3 aromatic heterocycles. The smallest absolute Gasteiger partial charge is 0.260 e. The Bertz CT molecular complexity index is 1990. The summed E-state index contributed by atoms with van der Waals surface area (Å²) in [6.45, 7) is 6.21. The average Bonchev–Trinajstić information content (AvgIpc) is 3.81. The van der Waals surface area contributed by atoms with Gasteiger partial charge in [-0.25, -0.2) is 9.67 Å². The number of nitrogens with zero attached hydrogens (tertiary/aromatic N) is 7. The molecule has 45 heavy (non-hydrogen) atoms. The second-order valence-corrected chi connectivity index (χ2v) is 11.9. The van der Waals surface area contributed by atoms with Crippen LogP contribution in [0.25, 0.3) is 33.4 Å². The predicted octanol–water partition coefficient (Wildman–Crippen LogP) is 5.30. The van der Waals surface area contributed by atoms with Crippen LogP contribution in [0.3, 0.4) is 0 Å². The Morgan fingerprint density at radius 2 is 1.73 bits per heavy atom. The van der Waals surface area contributed by atoms with Crippen molar-refractivity contribution in [1.82, 2.24) is 34.1 Å². The first-order valence-corrected chi connectivity index (χ1v) is 15.4. The van der Waals surface area contributed by atoms with Crippen LogP contribution in [-0.4, -0.2) is 66.7 Å². The average molecular weight is 601 g/mol. The minimum Gasteiger partial charge on any atom is -0.380 e. The number of carbonyl (C=O) groups is 1. The monoisotopic (exact) mass is 600 g/mol. The van der Waals surface area contributed by atoms with Crippen LogP contribution in [0.2, 0.25) is 0 Å². The minimum absolute atomic E-state index is 0.0861. The maximum atomic E-state index is 14.3. The van der Waals surface area contributed by atoms with Crippen molar-refractivity contribution >= 4 is 34.1 Å². The molecule has 1 amide bonds. The zero-order valence-electron chi connectivity index (χ0n) is 25.8. The number of aryl methyl sites for hydroxylation is 1. The number of carbonyl (C=O) groups excluding carboxylic acids is 1. The molecule has 7 rings (SSSR count). The molecule has 2 aliphatic heterocycles. The van der Waals surface area contributed by atoms with Gasteiger partial charge in [0.2, 0.25) is 11.9 Å². The molecule has 0 saturated carbocycles. The van der Waals surface area contributed by atoms with Gasteiger partial charge in [-0.1, -0.05) is 30.3 Å². The molecule has 5 heterocycles. The van der Waals surface area contributed by atoms with Crippen LogP contribution >= 0.6 is 0 Å². The third kappa shape index (κ3) is 5.48. The number of aromatic nitrogens is 5. The fraction of sp³-hybridized carbons (Fsp3) is 0.286. The number of para-hydroxylation sites is 1. The first-order valence-electron chi connectivity index (χ1n) is 15.4. The number of rotatable bonds is 7. The molecular formula is C35H36N8O2. The van der Waals surface area contributed by atoms with Crippen molar-refractivity contribution in [3.8, 4) is 16.8 Å². The number of pyridine rings is 1. The van der Waals surface area contributed by atoms with Gasteiger partial charge in [0.05, 0.1) is 16.9 Å². The molecule has 5 aromatic rings. The molecule has 1 saturated heterocycles. The van der Waals surface area contributed by atoms with Gasteiger partial charge in [-0.15, -0.1) is 0 Å². The van der Waals surface area contributed by atoms with Crippen LogP contribution in [-0.2, 0) is 11.3 Å². The highest BCUT2D eigenvalue weighted by atomic mass is 16.2. The number of hydrogen-bond acceptors (Lipinski definition) is 7. The van der Waals surface area contributed by atoms with Crippen molar-refractivity contribution in [1.29, 1.82) is 0 Å². The van der Waals surface area contributed by atoms with Gasteiger partial charge in [-0.2, -0.15) is 10.1 Å². The fourth-order valence-electron chi connectivity index (χ4n) is 6.41. The lowest BCUT2D eigenvalue weighted by Gasteiger charge is -2.18. The van der Waals surface area contributed by atoms with Crippen LogP contribution in [0.5, 0.6) is 0 Å². The van der Waals surface area contributed by atoms with Crippen LogP contribution in [0, 0.1) is 13.8 Å². The summed E-state index contributed by atoms with van der Waals surface area (Å²) in [5.74, 6) is 0.269. The molecule has 0 atom stereocenters. The van der Waals surface area contributed by atoms with Crippen molar-refractivity contribution in [3.63, 3.8) is 0 Å². The van der Waals surface area contributed by atoms with Crippen molar-refractivity contribution < 1.29 is 4.79 Å². The number of hydrogen-bond donors (Lipinski definition) is 1. The van der Waals surface area contributed by atoms with E-state index < -0.39 is 0 Å². The van der Waals surface area contributed by atoms with E-state index >= 15 is 0 Å². The Morgan fingerprint density at radius 3 is 2.44 bits per heavy atom. The number of likely N-dealkylation sites (tertiary alicyclic amines) is 1. The molecule has 10 heteroatoms. The van der Waals surface area contributed by atoms with Crippen LogP contribution < -0.4 is 10.9 Å². The molecule has 0 radical (unpaired) electrons. The molecule has 0 spiro atoms. The van der Waals surface area contributed by atoms with Gasteiger partial charge in [0.25, 0.3) is 5.56 Å². The molecule has 0 bridgehead atoms. The highest BCUT2D eigenvalue weighted by molar-refractivity contribution is 5.85. The number of fused-ring (bicyclic) bond motifs is 1. The molecule has 0 unspecified atom stereocenters. The highest BCUT2D eigenvalue weighted by Gasteiger charge is 2.24. The first-order chi connectivity index (χ1) is 21.9. The van der Waals surface area contributed by atoms with E-state index in [2.05, 4.69) is 40.6 Å². The second kappa shape index (κ2) is 11.7. The largest absolute Gasteiger partial charge is 0.380 e. The van der Waals surface area contributed by atoms with E-state index in [-0.39, 0.29) is 18.0 Å². The van der Waals surface area contributed by atoms with Crippen molar-refractivity contribution in [2.45, 2.75) is 39.7 Å². The Hall–Kier alpha value is -5.25. The molecule has 1 N–H and O–H groups in total. The van der Waals surface area contributed by atoms with Crippen LogP contribution in [0.1, 0.15) is 36.2 Å². The van der Waals surface area contributed by atoms with Gasteiger partial charge in [0.1, 0.15) is 12.2 Å². The summed E-state index contributed by atoms with van der Waals surface area (Å²) >= 11 is 0. The maximum Gasteiger partial charge on any atom is 0.260 e. The summed E-state index contributed by atoms with van der Waals surface area (Å²) in [5.41, 5.74) is 7.17. The van der Waals surface area contributed by atoms with E-state index in [1.165, 1.54) is 15.7 Å². The summed E-state index contributed by atoms with van der Waals surface area (Å²) in [5, 5.41) is 8.73. The molecule has 2 aromatic carbocycles. The van der Waals surface area contributed by atoms with Gasteiger partial charge in [0, 0.05) is 61.4 Å².